The summed E-state index contributed by atoms with van der Waals surface area (Å²) in [7, 11) is 2.17. The lowest BCUT2D eigenvalue weighted by molar-refractivity contribution is -0.0588. The van der Waals surface area contributed by atoms with Crippen LogP contribution in [0, 0.1) is 5.92 Å². The van der Waals surface area contributed by atoms with Gasteiger partial charge < -0.3 is 14.6 Å². The molecular weight excluding hydrogens is 470 g/mol. The first-order valence-corrected chi connectivity index (χ1v) is 13.9. The molecule has 190 valence electrons. The maximum atomic E-state index is 13.8. The Kier molecular flexibility index (Phi) is 6.67. The van der Waals surface area contributed by atoms with Gasteiger partial charge in [0.15, 0.2) is 5.78 Å². The van der Waals surface area contributed by atoms with E-state index in [1.165, 1.54) is 16.7 Å². The second-order valence-corrected chi connectivity index (χ2v) is 11.5. The summed E-state index contributed by atoms with van der Waals surface area (Å²) in [6, 6.07) is 14.7. The second kappa shape index (κ2) is 9.94. The Balaban J connectivity index is 1.22. The molecule has 2 aliphatic heterocycles. The van der Waals surface area contributed by atoms with Crippen molar-refractivity contribution in [1.29, 1.82) is 0 Å². The molecular formula is C30H36ClN3O2. The first kappa shape index (κ1) is 24.2. The van der Waals surface area contributed by atoms with Crippen LogP contribution < -0.4 is 0 Å². The highest BCUT2D eigenvalue weighted by Crippen LogP contribution is 2.46. The van der Waals surface area contributed by atoms with Crippen molar-refractivity contribution < 1.29 is 9.53 Å². The number of ether oxygens (including phenoxy) is 1. The van der Waals surface area contributed by atoms with Crippen molar-refractivity contribution in [1.82, 2.24) is 14.8 Å². The first-order valence-electron chi connectivity index (χ1n) is 13.5. The molecule has 0 amide bonds. The Labute approximate surface area is 218 Å². The number of hydrogen-bond acceptors (Lipinski definition) is 4. The number of aromatic amines is 1. The van der Waals surface area contributed by atoms with Gasteiger partial charge in [0.1, 0.15) is 0 Å². The summed E-state index contributed by atoms with van der Waals surface area (Å²) in [5, 5.41) is 1.76. The second-order valence-electron chi connectivity index (χ2n) is 11.1. The van der Waals surface area contributed by atoms with Gasteiger partial charge in [-0.15, -0.1) is 0 Å². The summed E-state index contributed by atoms with van der Waals surface area (Å²) in [6.45, 7) is 5.79. The molecule has 0 radical (unpaired) electrons. The molecule has 3 heterocycles. The molecule has 2 aromatic carbocycles. The average molecular weight is 506 g/mol. The monoisotopic (exact) mass is 505 g/mol. The smallest absolute Gasteiger partial charge is 0.182 e. The van der Waals surface area contributed by atoms with Crippen molar-refractivity contribution in [2.24, 2.45) is 5.92 Å². The first-order chi connectivity index (χ1) is 17.5. The van der Waals surface area contributed by atoms with Crippen LogP contribution in [-0.4, -0.2) is 53.8 Å². The summed E-state index contributed by atoms with van der Waals surface area (Å²) in [6.07, 6.45) is 5.91. The van der Waals surface area contributed by atoms with Crippen molar-refractivity contribution in [2.75, 3.05) is 33.2 Å². The van der Waals surface area contributed by atoms with Gasteiger partial charge in [0.2, 0.25) is 0 Å². The number of halogens is 1. The van der Waals surface area contributed by atoms with Crippen LogP contribution in [0.4, 0.5) is 0 Å². The van der Waals surface area contributed by atoms with E-state index in [0.29, 0.717) is 6.61 Å². The molecule has 3 aromatic rings. The molecule has 1 spiro atoms. The highest BCUT2D eigenvalue weighted by molar-refractivity contribution is 6.31. The molecule has 6 heteroatoms. The largest absolute Gasteiger partial charge is 0.366 e. The zero-order valence-electron chi connectivity index (χ0n) is 21.2. The fourth-order valence-corrected chi connectivity index (χ4v) is 6.79. The number of hydrogen-bond donors (Lipinski definition) is 1. The summed E-state index contributed by atoms with van der Waals surface area (Å²) < 4.78 is 6.44. The van der Waals surface area contributed by atoms with Crippen LogP contribution in [0.25, 0.3) is 10.9 Å². The SMILES string of the molecule is CN1CCN(Cc2cc(Cl)cc3cc(C(=O)C4CCCCC5(CC4)OCc4ccccc45)[nH]c23)CC1. The number of ketones is 1. The van der Waals surface area contributed by atoms with Crippen molar-refractivity contribution in [2.45, 2.75) is 57.3 Å². The minimum atomic E-state index is -0.223. The highest BCUT2D eigenvalue weighted by Gasteiger charge is 2.41. The van der Waals surface area contributed by atoms with Gasteiger partial charge in [0.25, 0.3) is 0 Å². The fourth-order valence-electron chi connectivity index (χ4n) is 6.54. The number of carbonyl (C=O) groups is 1. The third-order valence-corrected chi connectivity index (χ3v) is 8.91. The molecule has 36 heavy (non-hydrogen) atoms. The van der Waals surface area contributed by atoms with Gasteiger partial charge in [-0.3, -0.25) is 9.69 Å². The highest BCUT2D eigenvalue weighted by atomic mass is 35.5. The number of Topliss-reactive ketones (excluding diaryl/α,β-unsaturated/α-hetero) is 1. The Morgan fingerprint density at radius 2 is 1.92 bits per heavy atom. The van der Waals surface area contributed by atoms with E-state index in [9.17, 15) is 4.79 Å². The van der Waals surface area contributed by atoms with Gasteiger partial charge in [-0.25, -0.2) is 0 Å². The molecule has 2 atom stereocenters. The van der Waals surface area contributed by atoms with E-state index in [-0.39, 0.29) is 17.3 Å². The maximum Gasteiger partial charge on any atom is 0.182 e. The van der Waals surface area contributed by atoms with Crippen LogP contribution in [0.3, 0.4) is 0 Å². The third kappa shape index (κ3) is 4.63. The Hall–Kier alpha value is -2.18. The number of piperazine rings is 1. The predicted octanol–water partition coefficient (Wildman–Crippen LogP) is 6.15. The van der Waals surface area contributed by atoms with Gasteiger partial charge in [0.05, 0.1) is 23.4 Å². The number of aromatic nitrogens is 1. The number of benzene rings is 2. The normalized spacial score (nSPS) is 25.7. The van der Waals surface area contributed by atoms with Gasteiger partial charge >= 0.3 is 0 Å². The van der Waals surface area contributed by atoms with Gasteiger partial charge in [-0.2, -0.15) is 0 Å². The molecule has 2 fully saturated rings. The Morgan fingerprint density at radius 1 is 1.08 bits per heavy atom. The van der Waals surface area contributed by atoms with Crippen LogP contribution in [0.1, 0.15) is 65.7 Å². The number of rotatable bonds is 4. The van der Waals surface area contributed by atoms with Crippen molar-refractivity contribution in [3.8, 4) is 0 Å². The predicted molar refractivity (Wildman–Crippen MR) is 145 cm³/mol. The van der Waals surface area contributed by atoms with Crippen LogP contribution >= 0.6 is 11.6 Å². The van der Waals surface area contributed by atoms with E-state index in [4.69, 9.17) is 16.3 Å². The number of H-pyrrole nitrogens is 1. The molecule has 1 saturated carbocycles. The van der Waals surface area contributed by atoms with Crippen molar-refractivity contribution in [3.63, 3.8) is 0 Å². The molecule has 2 unspecified atom stereocenters. The molecule has 5 nitrogen and oxygen atoms in total. The molecule has 1 aromatic heterocycles. The number of nitrogens with zero attached hydrogens (tertiary/aromatic N) is 2. The van der Waals surface area contributed by atoms with Crippen LogP contribution in [-0.2, 0) is 23.5 Å². The van der Waals surface area contributed by atoms with Crippen molar-refractivity contribution >= 4 is 28.3 Å². The molecule has 3 aliphatic rings. The standard InChI is InChI=1S/C30H36ClN3O2/c1-33-12-14-34(15-13-33)19-24-17-25(31)16-23-18-27(32-28(23)24)29(35)21-6-4-5-10-30(11-9-21)26-8-3-2-7-22(26)20-36-30/h2-3,7-8,16-18,21,32H,4-6,9-15,19-20H2,1H3. The van der Waals surface area contributed by atoms with Crippen molar-refractivity contribution in [3.05, 3.63) is 69.9 Å². The van der Waals surface area contributed by atoms with E-state index >= 15 is 0 Å². The molecule has 1 aliphatic carbocycles. The minimum Gasteiger partial charge on any atom is -0.366 e. The van der Waals surface area contributed by atoms with Crippen LogP contribution in [0.5, 0.6) is 0 Å². The quantitative estimate of drug-likeness (QED) is 0.432. The molecule has 1 N–H and O–H groups in total. The van der Waals surface area contributed by atoms with E-state index < -0.39 is 0 Å². The van der Waals surface area contributed by atoms with Crippen LogP contribution in [0.15, 0.2) is 42.5 Å². The Bertz CT molecular complexity index is 1260. The fraction of sp³-hybridized carbons (Fsp3) is 0.500. The zero-order valence-corrected chi connectivity index (χ0v) is 21.9. The summed E-state index contributed by atoms with van der Waals surface area (Å²) in [4.78, 5) is 22.1. The topological polar surface area (TPSA) is 48.6 Å². The lowest BCUT2D eigenvalue weighted by Crippen LogP contribution is -2.43. The number of carbonyl (C=O) groups excluding carboxylic acids is 1. The van der Waals surface area contributed by atoms with E-state index in [2.05, 4.69) is 52.2 Å². The average Bonchev–Trinajstić information content (AvgIpc) is 3.46. The van der Waals surface area contributed by atoms with E-state index in [1.54, 1.807) is 0 Å². The summed E-state index contributed by atoms with van der Waals surface area (Å²) >= 11 is 6.51. The molecule has 6 rings (SSSR count). The lowest BCUT2D eigenvalue weighted by Gasteiger charge is -2.33. The number of nitrogens with one attached hydrogen (secondary N) is 1. The Morgan fingerprint density at radius 3 is 2.78 bits per heavy atom. The number of likely N-dealkylation sites (N-methyl/N-ethyl adjacent to an activating group) is 1. The van der Waals surface area contributed by atoms with Gasteiger partial charge in [-0.1, -0.05) is 48.7 Å². The molecule has 0 bridgehead atoms. The van der Waals surface area contributed by atoms with E-state index in [0.717, 1.165) is 92.9 Å². The third-order valence-electron chi connectivity index (χ3n) is 8.69. The minimum absolute atomic E-state index is 0.0168. The van der Waals surface area contributed by atoms with Gasteiger partial charge in [0, 0.05) is 49.1 Å². The zero-order chi connectivity index (χ0) is 24.7. The van der Waals surface area contributed by atoms with Gasteiger partial charge in [-0.05, 0) is 67.6 Å². The summed E-state index contributed by atoms with van der Waals surface area (Å²) in [5.41, 5.74) is 5.37. The summed E-state index contributed by atoms with van der Waals surface area (Å²) in [5.74, 6) is 0.249. The maximum absolute atomic E-state index is 13.8. The van der Waals surface area contributed by atoms with E-state index in [1.807, 2.05) is 12.1 Å². The lowest BCUT2D eigenvalue weighted by atomic mass is 9.77. The molecule has 1 saturated heterocycles. The van der Waals surface area contributed by atoms with Crippen LogP contribution in [0.2, 0.25) is 5.02 Å². The number of fused-ring (bicyclic) bond motifs is 3.